The predicted molar refractivity (Wildman–Crippen MR) is 161 cm³/mol. The molecule has 49 heavy (non-hydrogen) atoms. The van der Waals surface area contributed by atoms with Crippen molar-refractivity contribution in [2.45, 2.75) is 44.0 Å². The molecule has 17 heteroatoms. The predicted octanol–water partition coefficient (Wildman–Crippen LogP) is 7.14. The fraction of sp³-hybridized carbons (Fsp3) is 0.312. The largest absolute Gasteiger partial charge is 0.470 e. The Hall–Kier alpha value is -5.06. The molecule has 1 fully saturated rings. The van der Waals surface area contributed by atoms with Crippen LogP contribution in [0.1, 0.15) is 30.5 Å². The van der Waals surface area contributed by atoms with Crippen molar-refractivity contribution in [1.82, 2.24) is 34.2 Å². The van der Waals surface area contributed by atoms with Crippen LogP contribution in [-0.4, -0.2) is 66.2 Å². The lowest BCUT2D eigenvalue weighted by Gasteiger charge is -2.34. The third-order valence-electron chi connectivity index (χ3n) is 8.67. The molecule has 0 radical (unpaired) electrons. The zero-order valence-electron chi connectivity index (χ0n) is 25.2. The summed E-state index contributed by atoms with van der Waals surface area (Å²) < 4.78 is 115. The molecule has 2 aromatic carbocycles. The Kier molecular flexibility index (Phi) is 8.04. The maximum atomic E-state index is 15.9. The molecule has 1 N–H and O–H groups in total. The number of piperidine rings is 1. The summed E-state index contributed by atoms with van der Waals surface area (Å²) >= 11 is 0. The second-order valence-corrected chi connectivity index (χ2v) is 11.8. The third kappa shape index (κ3) is 6.06. The molecule has 0 amide bonds. The van der Waals surface area contributed by atoms with Gasteiger partial charge in [-0.3, -0.25) is 19.0 Å². The second kappa shape index (κ2) is 12.1. The normalized spacial score (nSPS) is 15.3. The maximum absolute atomic E-state index is 15.9. The average Bonchev–Trinajstić information content (AvgIpc) is 3.80. The van der Waals surface area contributed by atoms with E-state index in [2.05, 4.69) is 20.2 Å². The maximum Gasteiger partial charge on any atom is 0.470 e. The fourth-order valence-corrected chi connectivity index (χ4v) is 6.29. The number of nitrogens with one attached hydrogen (secondary N) is 1. The number of rotatable bonds is 8. The van der Waals surface area contributed by atoms with E-state index in [9.17, 15) is 35.5 Å². The number of H-pyrrole nitrogens is 1. The van der Waals surface area contributed by atoms with E-state index in [1.54, 1.807) is 30.5 Å². The quantitative estimate of drug-likeness (QED) is 0.171. The van der Waals surface area contributed by atoms with Gasteiger partial charge >= 0.3 is 30.1 Å². The lowest BCUT2D eigenvalue weighted by atomic mass is 10.00. The standard InChI is InChI=1S/C32H25F8N7O2/c33-23-13-25-26(12-22(23)20-2-1-3-24-21(20)6-9-41-24)47(19-7-10-45(11-8-19)16-31(36,37)28(34)35)30(48)46(25)15-18-5-4-17(14-42-18)27-43-44-29(49-27)32(38,39)40/h1-6,9,12-14,19,28,41H,7-8,10-11,15-16H2. The van der Waals surface area contributed by atoms with E-state index in [1.165, 1.54) is 38.4 Å². The zero-order valence-corrected chi connectivity index (χ0v) is 25.2. The van der Waals surface area contributed by atoms with Crippen molar-refractivity contribution in [3.8, 4) is 22.6 Å². The van der Waals surface area contributed by atoms with E-state index >= 15 is 4.39 Å². The number of fused-ring (bicyclic) bond motifs is 2. The molecular weight excluding hydrogens is 666 g/mol. The van der Waals surface area contributed by atoms with Crippen molar-refractivity contribution in [1.29, 1.82) is 0 Å². The van der Waals surface area contributed by atoms with Gasteiger partial charge in [0, 0.05) is 54.1 Å². The Labute approximate surface area is 270 Å². The van der Waals surface area contributed by atoms with Gasteiger partial charge in [-0.05, 0) is 48.7 Å². The van der Waals surface area contributed by atoms with Crippen LogP contribution in [0.3, 0.4) is 0 Å². The van der Waals surface area contributed by atoms with Gasteiger partial charge in [0.15, 0.2) is 0 Å². The number of pyridine rings is 1. The lowest BCUT2D eigenvalue weighted by Crippen LogP contribution is -2.46. The third-order valence-corrected chi connectivity index (χ3v) is 8.67. The monoisotopic (exact) mass is 691 g/mol. The van der Waals surface area contributed by atoms with E-state index in [-0.39, 0.29) is 49.1 Å². The first kappa shape index (κ1) is 32.5. The molecule has 0 bridgehead atoms. The summed E-state index contributed by atoms with van der Waals surface area (Å²) in [6.07, 6.45) is -5.34. The van der Waals surface area contributed by atoms with E-state index in [0.717, 1.165) is 10.9 Å². The van der Waals surface area contributed by atoms with Crippen molar-refractivity contribution in [3.05, 3.63) is 88.8 Å². The number of aromatic nitrogens is 6. The summed E-state index contributed by atoms with van der Waals surface area (Å²) in [6.45, 7) is -1.23. The van der Waals surface area contributed by atoms with Gasteiger partial charge in [0.1, 0.15) is 5.82 Å². The minimum absolute atomic E-state index is 0.0253. The van der Waals surface area contributed by atoms with Gasteiger partial charge in [0.25, 0.3) is 0 Å². The van der Waals surface area contributed by atoms with Gasteiger partial charge in [0.2, 0.25) is 5.89 Å². The molecule has 1 saturated heterocycles. The van der Waals surface area contributed by atoms with Crippen LogP contribution in [0.25, 0.3) is 44.5 Å². The number of hydrogen-bond donors (Lipinski definition) is 1. The summed E-state index contributed by atoms with van der Waals surface area (Å²) in [5.74, 6) is -6.73. The van der Waals surface area contributed by atoms with Gasteiger partial charge in [-0.25, -0.2) is 18.0 Å². The molecule has 256 valence electrons. The van der Waals surface area contributed by atoms with Crippen LogP contribution in [0.5, 0.6) is 0 Å². The minimum atomic E-state index is -4.83. The lowest BCUT2D eigenvalue weighted by molar-refractivity contribution is -0.156. The minimum Gasteiger partial charge on any atom is -0.413 e. The SMILES string of the molecule is O=c1n(Cc2ccc(-c3nnc(C(F)(F)F)o3)cn2)c2cc(F)c(-c3cccc4[nH]ccc34)cc2n1C1CCN(CC(F)(F)C(F)F)CC1. The van der Waals surface area contributed by atoms with E-state index < -0.39 is 54.4 Å². The van der Waals surface area contributed by atoms with Gasteiger partial charge in [-0.1, -0.05) is 12.1 Å². The first-order valence-electron chi connectivity index (χ1n) is 15.1. The van der Waals surface area contributed by atoms with Gasteiger partial charge in [-0.15, -0.1) is 10.2 Å². The van der Waals surface area contributed by atoms with Crippen LogP contribution >= 0.6 is 0 Å². The van der Waals surface area contributed by atoms with Crippen molar-refractivity contribution in [2.24, 2.45) is 0 Å². The molecular formula is C32H25F8N7O2. The molecule has 0 saturated carbocycles. The van der Waals surface area contributed by atoms with Gasteiger partial charge in [0.05, 0.1) is 35.4 Å². The summed E-state index contributed by atoms with van der Waals surface area (Å²) in [5, 5.41) is 7.15. The van der Waals surface area contributed by atoms with Crippen LogP contribution in [0, 0.1) is 5.82 Å². The molecule has 7 rings (SSSR count). The fourth-order valence-electron chi connectivity index (χ4n) is 6.29. The van der Waals surface area contributed by atoms with Crippen LogP contribution < -0.4 is 5.69 Å². The zero-order chi connectivity index (χ0) is 34.7. The molecule has 1 aliphatic heterocycles. The van der Waals surface area contributed by atoms with E-state index in [4.69, 9.17) is 4.42 Å². The number of halogens is 8. The van der Waals surface area contributed by atoms with Crippen molar-refractivity contribution in [3.63, 3.8) is 0 Å². The first-order chi connectivity index (χ1) is 23.3. The topological polar surface area (TPSA) is 97.8 Å². The Morgan fingerprint density at radius 3 is 2.41 bits per heavy atom. The van der Waals surface area contributed by atoms with Gasteiger partial charge < -0.3 is 9.40 Å². The number of nitrogens with zero attached hydrogens (tertiary/aromatic N) is 6. The highest BCUT2D eigenvalue weighted by molar-refractivity contribution is 5.97. The molecule has 0 atom stereocenters. The average molecular weight is 692 g/mol. The molecule has 0 unspecified atom stereocenters. The molecule has 6 aromatic rings. The molecule has 9 nitrogen and oxygen atoms in total. The van der Waals surface area contributed by atoms with Crippen molar-refractivity contribution < 1.29 is 39.5 Å². The van der Waals surface area contributed by atoms with Crippen LogP contribution in [0.2, 0.25) is 0 Å². The number of hydrogen-bond acceptors (Lipinski definition) is 6. The van der Waals surface area contributed by atoms with Crippen LogP contribution in [-0.2, 0) is 12.7 Å². The molecule has 4 aromatic heterocycles. The molecule has 0 spiro atoms. The highest BCUT2D eigenvalue weighted by atomic mass is 19.4. The number of aromatic amines is 1. The van der Waals surface area contributed by atoms with E-state index in [0.29, 0.717) is 16.8 Å². The van der Waals surface area contributed by atoms with Gasteiger partial charge in [-0.2, -0.15) is 22.0 Å². The molecule has 5 heterocycles. The smallest absolute Gasteiger partial charge is 0.413 e. The van der Waals surface area contributed by atoms with E-state index in [1.807, 2.05) is 6.07 Å². The summed E-state index contributed by atoms with van der Waals surface area (Å²) in [6, 6.07) is 12.2. The highest BCUT2D eigenvalue weighted by Crippen LogP contribution is 2.36. The molecule has 1 aliphatic rings. The second-order valence-electron chi connectivity index (χ2n) is 11.8. The Morgan fingerprint density at radius 2 is 1.73 bits per heavy atom. The number of likely N-dealkylation sites (tertiary alicyclic amines) is 1. The summed E-state index contributed by atoms with van der Waals surface area (Å²) in [4.78, 5) is 22.7. The number of benzene rings is 2. The van der Waals surface area contributed by atoms with Crippen LogP contribution in [0.4, 0.5) is 35.1 Å². The van der Waals surface area contributed by atoms with Crippen molar-refractivity contribution in [2.75, 3.05) is 19.6 Å². The highest BCUT2D eigenvalue weighted by Gasteiger charge is 2.43. The summed E-state index contributed by atoms with van der Waals surface area (Å²) in [7, 11) is 0. The van der Waals surface area contributed by atoms with Crippen molar-refractivity contribution >= 4 is 21.9 Å². The number of imidazole rings is 1. The molecule has 0 aliphatic carbocycles. The first-order valence-corrected chi connectivity index (χ1v) is 15.1. The Morgan fingerprint density at radius 1 is 0.959 bits per heavy atom. The Balaban J connectivity index is 1.26. The van der Waals surface area contributed by atoms with Crippen LogP contribution in [0.15, 0.2) is 70.1 Å². The Bertz CT molecular complexity index is 2190. The summed E-state index contributed by atoms with van der Waals surface area (Å²) in [5.41, 5.74) is 2.00. The number of alkyl halides is 7.